The molecule has 1 aliphatic heterocycles. The number of carbonyl (C=O) groups is 2. The molecule has 1 heterocycles. The number of rotatable bonds is 6. The van der Waals surface area contributed by atoms with Crippen LogP contribution < -0.4 is 20.1 Å². The standard InChI is InChI=1S/C22H32N2O4/c1-4-15-5-7-16(8-6-15)21(25)24-20(14(2)3)22(26)23-17-9-10-18-19(13-17)28-12-11-27-18/h9-10,13-16,20H,4-8,11-12H2,1-3H3,(H,23,26)(H,24,25). The summed E-state index contributed by atoms with van der Waals surface area (Å²) in [6, 6.07) is 4.78. The van der Waals surface area contributed by atoms with E-state index in [2.05, 4.69) is 17.6 Å². The van der Waals surface area contributed by atoms with E-state index in [-0.39, 0.29) is 23.7 Å². The summed E-state index contributed by atoms with van der Waals surface area (Å²) >= 11 is 0. The Morgan fingerprint density at radius 3 is 2.39 bits per heavy atom. The smallest absolute Gasteiger partial charge is 0.247 e. The van der Waals surface area contributed by atoms with Crippen molar-refractivity contribution in [3.63, 3.8) is 0 Å². The Hall–Kier alpha value is -2.24. The zero-order valence-corrected chi connectivity index (χ0v) is 17.1. The van der Waals surface area contributed by atoms with Crippen molar-refractivity contribution in [3.05, 3.63) is 18.2 Å². The molecular weight excluding hydrogens is 356 g/mol. The Morgan fingerprint density at radius 1 is 1.07 bits per heavy atom. The van der Waals surface area contributed by atoms with E-state index >= 15 is 0 Å². The number of nitrogens with one attached hydrogen (secondary N) is 2. The Bertz CT molecular complexity index is 696. The fourth-order valence-electron chi connectivity index (χ4n) is 3.98. The molecule has 1 aromatic rings. The molecular formula is C22H32N2O4. The number of benzene rings is 1. The summed E-state index contributed by atoms with van der Waals surface area (Å²) in [5, 5.41) is 5.90. The second-order valence-electron chi connectivity index (χ2n) is 8.20. The minimum Gasteiger partial charge on any atom is -0.486 e. The van der Waals surface area contributed by atoms with Crippen molar-refractivity contribution in [2.45, 2.75) is 58.9 Å². The van der Waals surface area contributed by atoms with E-state index in [0.29, 0.717) is 30.4 Å². The van der Waals surface area contributed by atoms with E-state index in [1.807, 2.05) is 13.8 Å². The molecule has 28 heavy (non-hydrogen) atoms. The molecule has 0 radical (unpaired) electrons. The summed E-state index contributed by atoms with van der Waals surface area (Å²) in [4.78, 5) is 25.6. The molecule has 154 valence electrons. The second kappa shape index (κ2) is 9.30. The molecule has 0 aromatic heterocycles. The van der Waals surface area contributed by atoms with Crippen molar-refractivity contribution in [3.8, 4) is 11.5 Å². The first kappa shape index (κ1) is 20.5. The summed E-state index contributed by atoms with van der Waals surface area (Å²) in [6.45, 7) is 7.13. The molecule has 1 fully saturated rings. The molecule has 1 atom stereocenters. The fourth-order valence-corrected chi connectivity index (χ4v) is 3.98. The molecule has 1 saturated carbocycles. The van der Waals surface area contributed by atoms with Crippen LogP contribution in [-0.2, 0) is 9.59 Å². The first-order valence-corrected chi connectivity index (χ1v) is 10.5. The topological polar surface area (TPSA) is 76.7 Å². The van der Waals surface area contributed by atoms with Gasteiger partial charge in [0.15, 0.2) is 11.5 Å². The first-order valence-electron chi connectivity index (χ1n) is 10.5. The number of anilines is 1. The Kier molecular flexibility index (Phi) is 6.81. The molecule has 3 rings (SSSR count). The third kappa shape index (κ3) is 4.97. The fraction of sp³-hybridized carbons (Fsp3) is 0.636. The highest BCUT2D eigenvalue weighted by Gasteiger charge is 2.30. The molecule has 2 aliphatic rings. The van der Waals surface area contributed by atoms with Crippen molar-refractivity contribution in [2.75, 3.05) is 18.5 Å². The second-order valence-corrected chi connectivity index (χ2v) is 8.20. The summed E-state index contributed by atoms with van der Waals surface area (Å²) in [5.74, 6) is 1.86. The summed E-state index contributed by atoms with van der Waals surface area (Å²) in [7, 11) is 0. The maximum atomic E-state index is 12.8. The van der Waals surface area contributed by atoms with Gasteiger partial charge < -0.3 is 20.1 Å². The van der Waals surface area contributed by atoms with Crippen LogP contribution in [0.1, 0.15) is 52.9 Å². The lowest BCUT2D eigenvalue weighted by Gasteiger charge is -2.29. The van der Waals surface area contributed by atoms with Gasteiger partial charge in [-0.05, 0) is 49.7 Å². The van der Waals surface area contributed by atoms with Crippen LogP contribution in [0.15, 0.2) is 18.2 Å². The highest BCUT2D eigenvalue weighted by molar-refractivity contribution is 5.97. The molecule has 2 amide bonds. The minimum atomic E-state index is -0.565. The van der Waals surface area contributed by atoms with Crippen molar-refractivity contribution in [1.82, 2.24) is 5.32 Å². The van der Waals surface area contributed by atoms with Crippen LogP contribution in [0.3, 0.4) is 0 Å². The number of amides is 2. The Balaban J connectivity index is 1.60. The molecule has 1 aliphatic carbocycles. The molecule has 0 bridgehead atoms. The van der Waals surface area contributed by atoms with E-state index in [1.54, 1.807) is 18.2 Å². The van der Waals surface area contributed by atoms with Crippen molar-refractivity contribution >= 4 is 17.5 Å². The third-order valence-corrected chi connectivity index (χ3v) is 5.85. The average molecular weight is 389 g/mol. The number of carbonyl (C=O) groups excluding carboxylic acids is 2. The van der Waals surface area contributed by atoms with Crippen molar-refractivity contribution in [2.24, 2.45) is 17.8 Å². The largest absolute Gasteiger partial charge is 0.486 e. The number of fused-ring (bicyclic) bond motifs is 1. The van der Waals surface area contributed by atoms with Crippen LogP contribution in [0.2, 0.25) is 0 Å². The van der Waals surface area contributed by atoms with Gasteiger partial charge in [-0.3, -0.25) is 9.59 Å². The van der Waals surface area contributed by atoms with E-state index < -0.39 is 6.04 Å². The van der Waals surface area contributed by atoms with Gasteiger partial charge in [0.05, 0.1) is 0 Å². The maximum Gasteiger partial charge on any atom is 0.247 e. The van der Waals surface area contributed by atoms with Crippen molar-refractivity contribution in [1.29, 1.82) is 0 Å². The number of ether oxygens (including phenoxy) is 2. The zero-order valence-electron chi connectivity index (χ0n) is 17.1. The predicted molar refractivity (Wildman–Crippen MR) is 109 cm³/mol. The van der Waals surface area contributed by atoms with Crippen LogP contribution >= 0.6 is 0 Å². The molecule has 6 heteroatoms. The van der Waals surface area contributed by atoms with Crippen molar-refractivity contribution < 1.29 is 19.1 Å². The molecule has 1 unspecified atom stereocenters. The minimum absolute atomic E-state index is 0.00516. The summed E-state index contributed by atoms with van der Waals surface area (Å²) in [5.41, 5.74) is 0.637. The summed E-state index contributed by atoms with van der Waals surface area (Å²) in [6.07, 6.45) is 5.22. The highest BCUT2D eigenvalue weighted by Crippen LogP contribution is 2.33. The monoisotopic (exact) mass is 388 g/mol. The third-order valence-electron chi connectivity index (χ3n) is 5.85. The number of hydrogen-bond donors (Lipinski definition) is 2. The van der Waals surface area contributed by atoms with Crippen LogP contribution in [0.5, 0.6) is 11.5 Å². The van der Waals surface area contributed by atoms with Gasteiger partial charge in [-0.2, -0.15) is 0 Å². The van der Waals surface area contributed by atoms with Crippen LogP contribution in [0.25, 0.3) is 0 Å². The predicted octanol–water partition coefficient (Wildman–Crippen LogP) is 3.75. The molecule has 0 saturated heterocycles. The molecule has 1 aromatic carbocycles. The van der Waals surface area contributed by atoms with Gasteiger partial charge in [-0.15, -0.1) is 0 Å². The Morgan fingerprint density at radius 2 is 1.75 bits per heavy atom. The SMILES string of the molecule is CCC1CCC(C(=O)NC(C(=O)Nc2ccc3c(c2)OCCO3)C(C)C)CC1. The van der Waals surface area contributed by atoms with E-state index in [1.165, 1.54) is 6.42 Å². The van der Waals surface area contributed by atoms with Gasteiger partial charge >= 0.3 is 0 Å². The van der Waals surface area contributed by atoms with E-state index in [0.717, 1.165) is 31.6 Å². The van der Waals surface area contributed by atoms with Gasteiger partial charge in [0.25, 0.3) is 0 Å². The van der Waals surface area contributed by atoms with E-state index in [9.17, 15) is 9.59 Å². The summed E-state index contributed by atoms with van der Waals surface area (Å²) < 4.78 is 11.1. The lowest BCUT2D eigenvalue weighted by Crippen LogP contribution is -2.49. The quantitative estimate of drug-likeness (QED) is 0.778. The molecule has 6 nitrogen and oxygen atoms in total. The lowest BCUT2D eigenvalue weighted by molar-refractivity contribution is -0.131. The maximum absolute atomic E-state index is 12.8. The van der Waals surface area contributed by atoms with Gasteiger partial charge in [-0.1, -0.05) is 27.2 Å². The van der Waals surface area contributed by atoms with Gasteiger partial charge in [0.2, 0.25) is 11.8 Å². The van der Waals surface area contributed by atoms with Gasteiger partial charge in [0, 0.05) is 17.7 Å². The average Bonchev–Trinajstić information content (AvgIpc) is 2.71. The van der Waals surface area contributed by atoms with Gasteiger partial charge in [0.1, 0.15) is 19.3 Å². The van der Waals surface area contributed by atoms with Crippen LogP contribution in [0.4, 0.5) is 5.69 Å². The van der Waals surface area contributed by atoms with E-state index in [4.69, 9.17) is 9.47 Å². The molecule has 0 spiro atoms. The highest BCUT2D eigenvalue weighted by atomic mass is 16.6. The molecule has 2 N–H and O–H groups in total. The van der Waals surface area contributed by atoms with Crippen LogP contribution in [-0.4, -0.2) is 31.1 Å². The zero-order chi connectivity index (χ0) is 20.1. The first-order chi connectivity index (χ1) is 13.5. The van der Waals surface area contributed by atoms with Crippen LogP contribution in [0, 0.1) is 17.8 Å². The normalized spacial score (nSPS) is 22.4. The number of hydrogen-bond acceptors (Lipinski definition) is 4. The lowest BCUT2D eigenvalue weighted by atomic mass is 9.80. The van der Waals surface area contributed by atoms with Gasteiger partial charge in [-0.25, -0.2) is 0 Å². The Labute approximate surface area is 167 Å².